The number of hydrogen-bond donors (Lipinski definition) is 0. The average Bonchev–Trinajstić information content (AvgIpc) is 2.75. The summed E-state index contributed by atoms with van der Waals surface area (Å²) in [4.78, 5) is 23.2. The van der Waals surface area contributed by atoms with Crippen molar-refractivity contribution in [3.8, 4) is 0 Å². The van der Waals surface area contributed by atoms with Crippen molar-refractivity contribution in [2.45, 2.75) is 67.9 Å². The fourth-order valence-electron chi connectivity index (χ4n) is 1.80. The maximum Gasteiger partial charge on any atom is 0.311 e. The average molecular weight is 437 g/mol. The summed E-state index contributed by atoms with van der Waals surface area (Å²) >= 11 is 0. The molecule has 0 spiro atoms. The van der Waals surface area contributed by atoms with Gasteiger partial charge >= 0.3 is 11.9 Å². The van der Waals surface area contributed by atoms with Gasteiger partial charge in [-0.05, 0) is 53.0 Å². The third-order valence-electron chi connectivity index (χ3n) is 4.94. The Morgan fingerprint density at radius 1 is 0.839 bits per heavy atom. The second-order valence-electron chi connectivity index (χ2n) is 8.54. The molecule has 31 heavy (non-hydrogen) atoms. The first-order chi connectivity index (χ1) is 14.5. The van der Waals surface area contributed by atoms with Crippen LogP contribution in [-0.4, -0.2) is 31.9 Å². The molecule has 1 aromatic carbocycles. The monoisotopic (exact) mass is 436 g/mol. The summed E-state index contributed by atoms with van der Waals surface area (Å²) < 4.78 is 20.4. The summed E-state index contributed by atoms with van der Waals surface area (Å²) in [5.41, 5.74) is 0.223. The lowest BCUT2D eigenvalue weighted by Gasteiger charge is -2.20. The Bertz CT molecular complexity index is 664. The molecular formula is C25H40O6. The Balaban J connectivity index is 0.000000581. The molecule has 0 radical (unpaired) electrons. The molecule has 0 aromatic heterocycles. The van der Waals surface area contributed by atoms with E-state index >= 15 is 0 Å². The van der Waals surface area contributed by atoms with E-state index in [0.29, 0.717) is 19.0 Å². The van der Waals surface area contributed by atoms with Gasteiger partial charge in [-0.2, -0.15) is 0 Å². The minimum absolute atomic E-state index is 0.131. The van der Waals surface area contributed by atoms with Crippen LogP contribution in [0.5, 0.6) is 0 Å². The Morgan fingerprint density at radius 3 is 1.84 bits per heavy atom. The second kappa shape index (κ2) is 14.6. The van der Waals surface area contributed by atoms with Crippen LogP contribution >= 0.6 is 0 Å². The smallest absolute Gasteiger partial charge is 0.311 e. The van der Waals surface area contributed by atoms with E-state index in [9.17, 15) is 9.59 Å². The van der Waals surface area contributed by atoms with Crippen LogP contribution in [0.3, 0.4) is 0 Å². The standard InChI is InChI=1S/C13H18O2.C12H22O4/c1-4-13(2,3)12(14)15-10-11-8-6-5-7-9-11;1-6-12(4,5)11(13)15-8-7-14-9-16-10(2)3/h5-9H,4,10H2,1-3H3;2,6-9H2,1,3-5H3. The number of carbonyl (C=O) groups excluding carboxylic acids is 2. The third-order valence-corrected chi connectivity index (χ3v) is 4.94. The number of carbonyl (C=O) groups is 2. The van der Waals surface area contributed by atoms with Crippen molar-refractivity contribution in [1.82, 2.24) is 0 Å². The number of ether oxygens (including phenoxy) is 4. The molecule has 0 atom stereocenters. The molecule has 0 saturated heterocycles. The molecule has 0 bridgehead atoms. The molecule has 1 rings (SSSR count). The van der Waals surface area contributed by atoms with E-state index in [1.807, 2.05) is 71.9 Å². The Labute approximate surface area is 187 Å². The third kappa shape index (κ3) is 12.8. The summed E-state index contributed by atoms with van der Waals surface area (Å²) in [6, 6.07) is 9.72. The van der Waals surface area contributed by atoms with Crippen molar-refractivity contribution in [3.05, 3.63) is 48.2 Å². The molecule has 6 heteroatoms. The molecule has 0 saturated carbocycles. The van der Waals surface area contributed by atoms with E-state index in [1.165, 1.54) is 0 Å². The molecule has 0 N–H and O–H groups in total. The van der Waals surface area contributed by atoms with Crippen LogP contribution in [0.1, 0.15) is 66.9 Å². The van der Waals surface area contributed by atoms with Crippen LogP contribution in [0, 0.1) is 10.8 Å². The zero-order chi connectivity index (χ0) is 23.9. The van der Waals surface area contributed by atoms with Gasteiger partial charge in [-0.25, -0.2) is 0 Å². The van der Waals surface area contributed by atoms with E-state index in [0.717, 1.165) is 18.4 Å². The van der Waals surface area contributed by atoms with E-state index in [4.69, 9.17) is 18.9 Å². The number of hydrogen-bond acceptors (Lipinski definition) is 6. The largest absolute Gasteiger partial charge is 0.473 e. The van der Waals surface area contributed by atoms with Crippen molar-refractivity contribution < 1.29 is 28.5 Å². The predicted octanol–water partition coefficient (Wildman–Crippen LogP) is 5.66. The lowest BCUT2D eigenvalue weighted by Crippen LogP contribution is -2.27. The first-order valence-electron chi connectivity index (χ1n) is 10.7. The lowest BCUT2D eigenvalue weighted by atomic mass is 9.91. The molecule has 1 aromatic rings. The van der Waals surface area contributed by atoms with Gasteiger partial charge in [0.2, 0.25) is 0 Å². The van der Waals surface area contributed by atoms with Gasteiger partial charge in [0, 0.05) is 0 Å². The van der Waals surface area contributed by atoms with Gasteiger partial charge in [-0.15, -0.1) is 0 Å². The number of esters is 2. The first-order valence-corrected chi connectivity index (χ1v) is 10.7. The van der Waals surface area contributed by atoms with Gasteiger partial charge in [0.25, 0.3) is 0 Å². The van der Waals surface area contributed by atoms with E-state index < -0.39 is 5.41 Å². The van der Waals surface area contributed by atoms with Gasteiger partial charge in [-0.1, -0.05) is 50.8 Å². The molecule has 0 aliphatic heterocycles. The van der Waals surface area contributed by atoms with Gasteiger partial charge in [-0.3, -0.25) is 9.59 Å². The quantitative estimate of drug-likeness (QED) is 0.182. The van der Waals surface area contributed by atoms with Crippen LogP contribution in [0.2, 0.25) is 0 Å². The molecule has 6 nitrogen and oxygen atoms in total. The van der Waals surface area contributed by atoms with Gasteiger partial charge in [0.05, 0.1) is 23.2 Å². The molecule has 0 fully saturated rings. The minimum Gasteiger partial charge on any atom is -0.473 e. The Morgan fingerprint density at radius 2 is 1.35 bits per heavy atom. The van der Waals surface area contributed by atoms with Crippen LogP contribution in [0.25, 0.3) is 0 Å². The molecule has 176 valence electrons. The zero-order valence-electron chi connectivity index (χ0n) is 20.3. The van der Waals surface area contributed by atoms with Crippen LogP contribution in [0.15, 0.2) is 42.7 Å². The van der Waals surface area contributed by atoms with E-state index in [-0.39, 0.29) is 30.8 Å². The fraction of sp³-hybridized carbons (Fsp3) is 0.600. The summed E-state index contributed by atoms with van der Waals surface area (Å²) in [5.74, 6) is 0.275. The van der Waals surface area contributed by atoms with Crippen molar-refractivity contribution in [1.29, 1.82) is 0 Å². The topological polar surface area (TPSA) is 71.1 Å². The van der Waals surface area contributed by atoms with Crippen molar-refractivity contribution in [3.63, 3.8) is 0 Å². The van der Waals surface area contributed by atoms with Gasteiger partial charge < -0.3 is 18.9 Å². The van der Waals surface area contributed by atoms with Crippen molar-refractivity contribution >= 4 is 11.9 Å². The molecule has 0 amide bonds. The highest BCUT2D eigenvalue weighted by molar-refractivity contribution is 5.76. The highest BCUT2D eigenvalue weighted by Crippen LogP contribution is 2.22. The van der Waals surface area contributed by atoms with Crippen LogP contribution in [-0.2, 0) is 35.1 Å². The Hall–Kier alpha value is -2.34. The molecule has 0 aliphatic rings. The van der Waals surface area contributed by atoms with Gasteiger partial charge in [0.1, 0.15) is 13.2 Å². The van der Waals surface area contributed by atoms with E-state index in [2.05, 4.69) is 6.58 Å². The zero-order valence-corrected chi connectivity index (χ0v) is 20.3. The molecule has 0 heterocycles. The molecular weight excluding hydrogens is 396 g/mol. The summed E-state index contributed by atoms with van der Waals surface area (Å²) in [5, 5.41) is 0. The molecule has 0 unspecified atom stereocenters. The van der Waals surface area contributed by atoms with E-state index in [1.54, 1.807) is 6.92 Å². The maximum atomic E-state index is 11.6. The van der Waals surface area contributed by atoms with Crippen LogP contribution in [0.4, 0.5) is 0 Å². The summed E-state index contributed by atoms with van der Waals surface area (Å²) in [7, 11) is 0. The van der Waals surface area contributed by atoms with Crippen molar-refractivity contribution in [2.75, 3.05) is 20.0 Å². The van der Waals surface area contributed by atoms with Crippen LogP contribution < -0.4 is 0 Å². The second-order valence-corrected chi connectivity index (χ2v) is 8.54. The Kier molecular flexibility index (Phi) is 13.5. The first kappa shape index (κ1) is 28.7. The SMILES string of the molecule is C=C(C)OCOCCOC(=O)C(C)(C)CC.CCC(C)(C)C(=O)OCc1ccccc1. The predicted molar refractivity (Wildman–Crippen MR) is 122 cm³/mol. The lowest BCUT2D eigenvalue weighted by molar-refractivity contribution is -0.157. The normalized spacial score (nSPS) is 11.1. The van der Waals surface area contributed by atoms with Gasteiger partial charge in [0.15, 0.2) is 6.79 Å². The number of rotatable bonds is 12. The minimum atomic E-state index is -0.422. The van der Waals surface area contributed by atoms with Crippen molar-refractivity contribution in [2.24, 2.45) is 10.8 Å². The number of allylic oxidation sites excluding steroid dienone is 1. The number of benzene rings is 1. The fourth-order valence-corrected chi connectivity index (χ4v) is 1.80. The molecule has 0 aliphatic carbocycles. The maximum absolute atomic E-state index is 11.6. The summed E-state index contributed by atoms with van der Waals surface area (Å²) in [6.45, 7) is 17.9. The summed E-state index contributed by atoms with van der Waals surface area (Å²) in [6.07, 6.45) is 1.55. The highest BCUT2D eigenvalue weighted by Gasteiger charge is 2.27. The highest BCUT2D eigenvalue weighted by atomic mass is 16.7.